The van der Waals surface area contributed by atoms with Gasteiger partial charge in [-0.3, -0.25) is 4.79 Å². The summed E-state index contributed by atoms with van der Waals surface area (Å²) in [5.41, 5.74) is 0.798. The first kappa shape index (κ1) is 12.7. The highest BCUT2D eigenvalue weighted by Crippen LogP contribution is 2.21. The number of carbonyl (C=O) groups excluding carboxylic acids is 1. The second kappa shape index (κ2) is 5.29. The first-order valence-corrected chi connectivity index (χ1v) is 5.70. The van der Waals surface area contributed by atoms with Crippen LogP contribution in [0.25, 0.3) is 0 Å². The highest BCUT2D eigenvalue weighted by molar-refractivity contribution is 6.35. The summed E-state index contributed by atoms with van der Waals surface area (Å²) in [5, 5.41) is 9.47. The number of aliphatic hydroxyl groups excluding tert-OH is 1. The predicted octanol–water partition coefficient (Wildman–Crippen LogP) is 3.20. The van der Waals surface area contributed by atoms with Crippen LogP contribution in [-0.2, 0) is 6.61 Å². The van der Waals surface area contributed by atoms with Crippen LogP contribution in [0.4, 0.5) is 4.39 Å². The number of halogens is 2. The Morgan fingerprint density at radius 3 is 2.56 bits per heavy atom. The van der Waals surface area contributed by atoms with Gasteiger partial charge in [0.25, 0.3) is 0 Å². The minimum Gasteiger partial charge on any atom is -0.392 e. The third kappa shape index (κ3) is 2.42. The second-order valence-corrected chi connectivity index (χ2v) is 4.18. The van der Waals surface area contributed by atoms with Gasteiger partial charge in [0.1, 0.15) is 5.82 Å². The number of carbonyl (C=O) groups is 1. The molecule has 0 spiro atoms. The molecule has 92 valence electrons. The summed E-state index contributed by atoms with van der Waals surface area (Å²) < 4.78 is 13.2. The van der Waals surface area contributed by atoms with E-state index in [0.29, 0.717) is 16.1 Å². The van der Waals surface area contributed by atoms with E-state index >= 15 is 0 Å². The first-order chi connectivity index (χ1) is 8.63. The lowest BCUT2D eigenvalue weighted by atomic mass is 9.98. The van der Waals surface area contributed by atoms with E-state index in [2.05, 4.69) is 0 Å². The maximum absolute atomic E-state index is 13.2. The summed E-state index contributed by atoms with van der Waals surface area (Å²) in [6.45, 7) is -0.328. The Labute approximate surface area is 109 Å². The van der Waals surface area contributed by atoms with Crippen LogP contribution in [0.15, 0.2) is 42.5 Å². The Hall–Kier alpha value is -1.71. The molecule has 0 aromatic heterocycles. The van der Waals surface area contributed by atoms with Crippen molar-refractivity contribution in [3.8, 4) is 0 Å². The highest BCUT2D eigenvalue weighted by atomic mass is 35.5. The summed E-state index contributed by atoms with van der Waals surface area (Å²) in [4.78, 5) is 12.2. The fraction of sp³-hybridized carbons (Fsp3) is 0.0714. The van der Waals surface area contributed by atoms with Crippen molar-refractivity contribution >= 4 is 17.4 Å². The van der Waals surface area contributed by atoms with Gasteiger partial charge in [-0.25, -0.2) is 4.39 Å². The van der Waals surface area contributed by atoms with E-state index in [9.17, 15) is 9.18 Å². The zero-order valence-corrected chi connectivity index (χ0v) is 10.1. The maximum atomic E-state index is 13.2. The van der Waals surface area contributed by atoms with E-state index < -0.39 is 11.6 Å². The van der Waals surface area contributed by atoms with E-state index in [0.717, 1.165) is 6.07 Å². The summed E-state index contributed by atoms with van der Waals surface area (Å²) in [6, 6.07) is 10.2. The van der Waals surface area contributed by atoms with Crippen molar-refractivity contribution in [1.29, 1.82) is 0 Å². The zero-order valence-electron chi connectivity index (χ0n) is 9.36. The number of hydrogen-bond acceptors (Lipinski definition) is 2. The molecule has 18 heavy (non-hydrogen) atoms. The molecule has 1 N–H and O–H groups in total. The third-order valence-corrected chi connectivity index (χ3v) is 2.93. The van der Waals surface area contributed by atoms with E-state index in [1.165, 1.54) is 12.1 Å². The lowest BCUT2D eigenvalue weighted by Gasteiger charge is -2.08. The van der Waals surface area contributed by atoms with Gasteiger partial charge in [0.2, 0.25) is 0 Å². The van der Waals surface area contributed by atoms with Crippen molar-refractivity contribution in [2.24, 2.45) is 0 Å². The van der Waals surface area contributed by atoms with Gasteiger partial charge in [0, 0.05) is 11.1 Å². The van der Waals surface area contributed by atoms with Crippen molar-refractivity contribution in [1.82, 2.24) is 0 Å². The topological polar surface area (TPSA) is 37.3 Å². The van der Waals surface area contributed by atoms with Crippen LogP contribution < -0.4 is 0 Å². The molecule has 0 saturated heterocycles. The van der Waals surface area contributed by atoms with Gasteiger partial charge in [0.05, 0.1) is 11.6 Å². The molecular formula is C14H10ClFO2. The second-order valence-electron chi connectivity index (χ2n) is 3.77. The van der Waals surface area contributed by atoms with Crippen LogP contribution in [0.5, 0.6) is 0 Å². The zero-order chi connectivity index (χ0) is 13.1. The molecule has 0 aliphatic heterocycles. The van der Waals surface area contributed by atoms with Crippen molar-refractivity contribution in [2.45, 2.75) is 6.61 Å². The number of hydrogen-bond donors (Lipinski definition) is 1. The van der Waals surface area contributed by atoms with Crippen LogP contribution in [0.2, 0.25) is 5.02 Å². The lowest BCUT2D eigenvalue weighted by Crippen LogP contribution is -2.07. The SMILES string of the molecule is O=C(c1ccccc1Cl)c1cc(F)ccc1CO. The minimum atomic E-state index is -0.525. The maximum Gasteiger partial charge on any atom is 0.194 e. The normalized spacial score (nSPS) is 10.4. The molecule has 0 fully saturated rings. The Balaban J connectivity index is 2.52. The van der Waals surface area contributed by atoms with Crippen LogP contribution in [0.1, 0.15) is 21.5 Å². The Morgan fingerprint density at radius 1 is 1.17 bits per heavy atom. The molecule has 0 unspecified atom stereocenters. The van der Waals surface area contributed by atoms with E-state index in [1.807, 2.05) is 0 Å². The molecule has 0 aliphatic rings. The van der Waals surface area contributed by atoms with E-state index in [-0.39, 0.29) is 12.2 Å². The van der Waals surface area contributed by atoms with Gasteiger partial charge >= 0.3 is 0 Å². The van der Waals surface area contributed by atoms with Crippen LogP contribution >= 0.6 is 11.6 Å². The molecule has 0 bridgehead atoms. The van der Waals surface area contributed by atoms with Crippen molar-refractivity contribution in [3.05, 3.63) is 70.0 Å². The summed E-state index contributed by atoms with van der Waals surface area (Å²) >= 11 is 5.93. The Kier molecular flexibility index (Phi) is 3.75. The van der Waals surface area contributed by atoms with Crippen LogP contribution in [-0.4, -0.2) is 10.9 Å². The molecule has 0 saturated carbocycles. The quantitative estimate of drug-likeness (QED) is 0.865. The van der Waals surface area contributed by atoms with Crippen molar-refractivity contribution in [2.75, 3.05) is 0 Å². The first-order valence-electron chi connectivity index (χ1n) is 5.32. The molecule has 0 radical (unpaired) electrons. The molecule has 0 aliphatic carbocycles. The summed E-state index contributed by atoms with van der Waals surface area (Å²) in [6.07, 6.45) is 0. The number of aliphatic hydroxyl groups is 1. The van der Waals surface area contributed by atoms with Crippen LogP contribution in [0, 0.1) is 5.82 Å². The number of ketones is 1. The van der Waals surface area contributed by atoms with Gasteiger partial charge in [-0.05, 0) is 29.8 Å². The van der Waals surface area contributed by atoms with E-state index in [4.69, 9.17) is 16.7 Å². The number of benzene rings is 2. The smallest absolute Gasteiger partial charge is 0.194 e. The molecule has 0 atom stereocenters. The van der Waals surface area contributed by atoms with Gasteiger partial charge in [-0.1, -0.05) is 29.8 Å². The van der Waals surface area contributed by atoms with Gasteiger partial charge in [-0.15, -0.1) is 0 Å². The van der Waals surface area contributed by atoms with E-state index in [1.54, 1.807) is 24.3 Å². The molecule has 2 aromatic carbocycles. The molecule has 4 heteroatoms. The fourth-order valence-electron chi connectivity index (χ4n) is 1.69. The largest absolute Gasteiger partial charge is 0.392 e. The monoisotopic (exact) mass is 264 g/mol. The molecule has 2 nitrogen and oxygen atoms in total. The molecule has 2 aromatic rings. The van der Waals surface area contributed by atoms with Crippen molar-refractivity contribution in [3.63, 3.8) is 0 Å². The Morgan fingerprint density at radius 2 is 1.89 bits per heavy atom. The summed E-state index contributed by atoms with van der Waals surface area (Å²) in [5.74, 6) is -0.924. The minimum absolute atomic E-state index is 0.130. The number of rotatable bonds is 3. The van der Waals surface area contributed by atoms with Crippen molar-refractivity contribution < 1.29 is 14.3 Å². The average molecular weight is 265 g/mol. The molecule has 0 heterocycles. The highest BCUT2D eigenvalue weighted by Gasteiger charge is 2.16. The predicted molar refractivity (Wildman–Crippen MR) is 67.2 cm³/mol. The molecule has 0 amide bonds. The van der Waals surface area contributed by atoms with Gasteiger partial charge in [-0.2, -0.15) is 0 Å². The average Bonchev–Trinajstić information content (AvgIpc) is 2.38. The third-order valence-electron chi connectivity index (χ3n) is 2.61. The lowest BCUT2D eigenvalue weighted by molar-refractivity contribution is 0.103. The van der Waals surface area contributed by atoms with Crippen LogP contribution in [0.3, 0.4) is 0 Å². The van der Waals surface area contributed by atoms with Gasteiger partial charge in [0.15, 0.2) is 5.78 Å². The molecular weight excluding hydrogens is 255 g/mol. The summed E-state index contributed by atoms with van der Waals surface area (Å²) in [7, 11) is 0. The fourth-order valence-corrected chi connectivity index (χ4v) is 1.91. The Bertz CT molecular complexity index is 596. The standard InChI is InChI=1S/C14H10ClFO2/c15-13-4-2-1-3-11(13)14(18)12-7-10(16)6-5-9(12)8-17/h1-7,17H,8H2. The van der Waals surface area contributed by atoms with Gasteiger partial charge < -0.3 is 5.11 Å². The molecule has 2 rings (SSSR count).